The smallest absolute Gasteiger partial charge is 0.385 e. The molecule has 3 N–H and O–H groups in total. The van der Waals surface area contributed by atoms with E-state index < -0.39 is 39.0 Å². The van der Waals surface area contributed by atoms with Crippen molar-refractivity contribution in [3.05, 3.63) is 93.9 Å². The molecule has 224 valence electrons. The number of benzene rings is 3. The molecule has 1 heterocycles. The molecule has 13 heteroatoms. The zero-order valence-corrected chi connectivity index (χ0v) is 23.9. The third-order valence-electron chi connectivity index (χ3n) is 6.78. The Morgan fingerprint density at radius 2 is 1.74 bits per heavy atom. The van der Waals surface area contributed by atoms with Gasteiger partial charge in [-0.05, 0) is 42.3 Å². The Morgan fingerprint density at radius 1 is 1.00 bits per heavy atom. The van der Waals surface area contributed by atoms with Gasteiger partial charge >= 0.3 is 11.9 Å². The highest BCUT2D eigenvalue weighted by atomic mass is 32.2. The van der Waals surface area contributed by atoms with Crippen LogP contribution in [0.5, 0.6) is 0 Å². The van der Waals surface area contributed by atoms with Crippen LogP contribution in [-0.2, 0) is 29.2 Å². The van der Waals surface area contributed by atoms with Gasteiger partial charge in [0, 0.05) is 29.8 Å². The Hall–Kier alpha value is -3.97. The minimum absolute atomic E-state index is 0.0607. The fourth-order valence-electron chi connectivity index (χ4n) is 4.65. The van der Waals surface area contributed by atoms with Crippen LogP contribution >= 0.6 is 0 Å². The number of hydrogen-bond donors (Lipinski definition) is 2. The van der Waals surface area contributed by atoms with Crippen molar-refractivity contribution in [1.82, 2.24) is 14.3 Å². The fourth-order valence-corrected chi connectivity index (χ4v) is 5.41. The Labute approximate surface area is 240 Å². The summed E-state index contributed by atoms with van der Waals surface area (Å²) in [6.45, 7) is 3.97. The Balaban J connectivity index is 1.73. The van der Waals surface area contributed by atoms with Gasteiger partial charge in [-0.3, -0.25) is 4.57 Å². The number of nitrogens with zero attached hydrogens (tertiary/aromatic N) is 3. The number of halogens is 4. The average molecular weight is 606 g/mol. The lowest BCUT2D eigenvalue weighted by Gasteiger charge is -2.14. The number of nitrogens with two attached hydrogens (primary N) is 1. The molecule has 0 aliphatic heterocycles. The largest absolute Gasteiger partial charge is 0.418 e. The molecule has 0 aliphatic rings. The quantitative estimate of drug-likeness (QED) is 0.168. The van der Waals surface area contributed by atoms with Crippen LogP contribution in [0.3, 0.4) is 0 Å². The first kappa shape index (κ1) is 31.0. The zero-order valence-electron chi connectivity index (χ0n) is 23.1. The molecule has 8 nitrogen and oxygen atoms in total. The predicted octanol–water partition coefficient (Wildman–Crippen LogP) is 5.72. The van der Waals surface area contributed by atoms with Crippen LogP contribution in [0.1, 0.15) is 50.1 Å². The molecule has 0 spiro atoms. The van der Waals surface area contributed by atoms with Gasteiger partial charge in [-0.1, -0.05) is 57.0 Å². The van der Waals surface area contributed by atoms with Gasteiger partial charge in [0.2, 0.25) is 10.0 Å². The fraction of sp³-hybridized carbons (Fsp3) is 0.310. The summed E-state index contributed by atoms with van der Waals surface area (Å²) in [5, 5.41) is 12.6. The van der Waals surface area contributed by atoms with Crippen LogP contribution in [0.2, 0.25) is 0 Å². The maximum atomic E-state index is 15.3. The van der Waals surface area contributed by atoms with Gasteiger partial charge in [0.05, 0.1) is 22.7 Å². The first-order valence-corrected chi connectivity index (χ1v) is 14.9. The second kappa shape index (κ2) is 12.5. The number of hydrogen-bond acceptors (Lipinski definition) is 5. The van der Waals surface area contributed by atoms with E-state index in [2.05, 4.69) is 10.4 Å². The molecule has 0 atom stereocenters. The first-order valence-electron chi connectivity index (χ1n) is 13.4. The normalized spacial score (nSPS) is 12.1. The minimum atomic E-state index is -4.75. The Kier molecular flexibility index (Phi) is 9.21. The molecular formula is C29H31F4N5O3S. The zero-order chi connectivity index (χ0) is 30.7. The molecule has 0 saturated carbocycles. The van der Waals surface area contributed by atoms with E-state index >= 15 is 4.39 Å². The maximum Gasteiger partial charge on any atom is 0.418 e. The van der Waals surface area contributed by atoms with Crippen molar-refractivity contribution in [3.8, 4) is 16.8 Å². The van der Waals surface area contributed by atoms with Crippen molar-refractivity contribution in [1.29, 1.82) is 0 Å². The third-order valence-corrected chi connectivity index (χ3v) is 7.75. The number of aryl methyl sites for hydroxylation is 1. The van der Waals surface area contributed by atoms with Crippen molar-refractivity contribution in [2.75, 3.05) is 11.9 Å². The lowest BCUT2D eigenvalue weighted by molar-refractivity contribution is -0.137. The van der Waals surface area contributed by atoms with E-state index in [1.165, 1.54) is 42.5 Å². The molecule has 0 fully saturated rings. The van der Waals surface area contributed by atoms with E-state index in [0.717, 1.165) is 36.0 Å². The number of sulfonamides is 1. The van der Waals surface area contributed by atoms with Crippen LogP contribution in [0.4, 0.5) is 23.2 Å². The van der Waals surface area contributed by atoms with Crippen LogP contribution in [0, 0.1) is 5.82 Å². The highest BCUT2D eigenvalue weighted by Crippen LogP contribution is 2.35. The predicted molar refractivity (Wildman–Crippen MR) is 153 cm³/mol. The summed E-state index contributed by atoms with van der Waals surface area (Å²) < 4.78 is 83.0. The summed E-state index contributed by atoms with van der Waals surface area (Å²) in [5.41, 5.74) is -1.40. The molecule has 3 aromatic carbocycles. The van der Waals surface area contributed by atoms with E-state index in [0.29, 0.717) is 16.9 Å². The van der Waals surface area contributed by atoms with E-state index in [1.807, 2.05) is 6.92 Å². The highest BCUT2D eigenvalue weighted by Gasteiger charge is 2.35. The molecule has 0 amide bonds. The molecule has 0 saturated heterocycles. The lowest BCUT2D eigenvalue weighted by Crippen LogP contribution is -2.27. The van der Waals surface area contributed by atoms with E-state index in [-0.39, 0.29) is 40.4 Å². The third kappa shape index (κ3) is 6.73. The number of rotatable bonds is 11. The van der Waals surface area contributed by atoms with Crippen molar-refractivity contribution < 1.29 is 26.0 Å². The number of unbranched alkanes of at least 4 members (excludes halogenated alkanes) is 2. The number of alkyl halides is 3. The van der Waals surface area contributed by atoms with Gasteiger partial charge in [0.25, 0.3) is 0 Å². The Morgan fingerprint density at radius 3 is 2.38 bits per heavy atom. The number of anilines is 1. The van der Waals surface area contributed by atoms with Gasteiger partial charge in [0.15, 0.2) is 0 Å². The molecule has 0 unspecified atom stereocenters. The second-order valence-corrected chi connectivity index (χ2v) is 11.3. The van der Waals surface area contributed by atoms with Crippen molar-refractivity contribution in [3.63, 3.8) is 0 Å². The van der Waals surface area contributed by atoms with Crippen LogP contribution < -0.4 is 16.1 Å². The Bertz CT molecular complexity index is 1750. The van der Waals surface area contributed by atoms with Crippen LogP contribution in [0.25, 0.3) is 16.8 Å². The number of aromatic nitrogens is 3. The van der Waals surface area contributed by atoms with Crippen molar-refractivity contribution >= 4 is 15.7 Å². The summed E-state index contributed by atoms with van der Waals surface area (Å²) in [5.74, 6) is -0.579. The summed E-state index contributed by atoms with van der Waals surface area (Å²) in [4.78, 5) is 13.3. The van der Waals surface area contributed by atoms with Crippen LogP contribution in [0.15, 0.2) is 70.4 Å². The van der Waals surface area contributed by atoms with Gasteiger partial charge in [-0.2, -0.15) is 17.9 Å². The number of primary sulfonamides is 1. The first-order chi connectivity index (χ1) is 19.8. The minimum Gasteiger partial charge on any atom is -0.385 e. The highest BCUT2D eigenvalue weighted by molar-refractivity contribution is 7.89. The van der Waals surface area contributed by atoms with E-state index in [1.54, 1.807) is 13.0 Å². The summed E-state index contributed by atoms with van der Waals surface area (Å²) >= 11 is 0. The summed E-state index contributed by atoms with van der Waals surface area (Å²) in [6.07, 6.45) is -1.78. The molecule has 0 aliphatic carbocycles. The van der Waals surface area contributed by atoms with Crippen molar-refractivity contribution in [2.24, 2.45) is 5.14 Å². The molecule has 0 radical (unpaired) electrons. The van der Waals surface area contributed by atoms with E-state index in [9.17, 15) is 26.4 Å². The second-order valence-electron chi connectivity index (χ2n) is 9.76. The molecular weight excluding hydrogens is 574 g/mol. The molecule has 4 aromatic rings. The van der Waals surface area contributed by atoms with E-state index in [4.69, 9.17) is 5.14 Å². The standard InChI is InChI=1S/C29H31F4N5O3S/c1-3-5-8-15-35-21-13-14-23(29(31,32)33)25(17-21)38-28(39)37(27(4-2)36-38)18-20-12-11-19(16-24(20)30)22-9-6-7-10-26(22)42(34,40)41/h6-7,9-14,16-17,35H,3-5,8,15,18H2,1-2H3,(H2,34,40,41). The summed E-state index contributed by atoms with van der Waals surface area (Å²) in [6, 6.07) is 13.3. The van der Waals surface area contributed by atoms with Crippen molar-refractivity contribution in [2.45, 2.75) is 57.1 Å². The summed E-state index contributed by atoms with van der Waals surface area (Å²) in [7, 11) is -4.08. The maximum absolute atomic E-state index is 15.3. The number of nitrogens with one attached hydrogen (secondary N) is 1. The van der Waals surface area contributed by atoms with Gasteiger partial charge in [0.1, 0.15) is 11.6 Å². The monoisotopic (exact) mass is 605 g/mol. The average Bonchev–Trinajstić information content (AvgIpc) is 3.25. The molecule has 4 rings (SSSR count). The lowest BCUT2D eigenvalue weighted by atomic mass is 10.0. The topological polar surface area (TPSA) is 112 Å². The van der Waals surface area contributed by atoms with Gasteiger partial charge in [-0.25, -0.2) is 22.7 Å². The van der Waals surface area contributed by atoms with Gasteiger partial charge in [-0.15, -0.1) is 5.10 Å². The SMILES string of the molecule is CCCCCNc1ccc(C(F)(F)F)c(-n2nc(CC)n(Cc3ccc(-c4ccccc4S(N)(=O)=O)cc3F)c2=O)c1. The molecule has 0 bridgehead atoms. The van der Waals surface area contributed by atoms with Gasteiger partial charge < -0.3 is 5.32 Å². The van der Waals surface area contributed by atoms with Crippen LogP contribution in [-0.4, -0.2) is 29.3 Å². The molecule has 1 aromatic heterocycles. The molecule has 42 heavy (non-hydrogen) atoms.